The predicted molar refractivity (Wildman–Crippen MR) is 83.5 cm³/mol. The first kappa shape index (κ1) is 13.3. The zero-order valence-electron chi connectivity index (χ0n) is 12.1. The average Bonchev–Trinajstić information content (AvgIpc) is 2.93. The highest BCUT2D eigenvalue weighted by Crippen LogP contribution is 2.53. The number of hydrogen-bond donors (Lipinski definition) is 2. The minimum Gasteiger partial charge on any atom is -0.376 e. The first-order valence-electron chi connectivity index (χ1n) is 8.44. The third-order valence-corrected chi connectivity index (χ3v) is 6.30. The van der Waals surface area contributed by atoms with Gasteiger partial charge in [-0.25, -0.2) is 0 Å². The summed E-state index contributed by atoms with van der Waals surface area (Å²) in [4.78, 5) is 0. The largest absolute Gasteiger partial charge is 0.376 e. The van der Waals surface area contributed by atoms with E-state index in [2.05, 4.69) is 10.6 Å². The summed E-state index contributed by atoms with van der Waals surface area (Å²) in [5.41, 5.74) is 0. The molecule has 4 aliphatic carbocycles. The van der Waals surface area contributed by atoms with Gasteiger partial charge in [0, 0.05) is 19.2 Å². The summed E-state index contributed by atoms with van der Waals surface area (Å²) in [6, 6.07) is 0.646. The molecule has 5 aliphatic rings. The molecule has 1 heterocycles. The van der Waals surface area contributed by atoms with Crippen LogP contribution in [0.5, 0.6) is 0 Å². The SMILES string of the molecule is S=C(NC[C@@H]1CCCO1)NC1C2CC3CC(C2)CC1C3. The molecule has 112 valence electrons. The summed E-state index contributed by atoms with van der Waals surface area (Å²) >= 11 is 5.51. The lowest BCUT2D eigenvalue weighted by atomic mass is 9.54. The van der Waals surface area contributed by atoms with Gasteiger partial charge in [0.2, 0.25) is 0 Å². The van der Waals surface area contributed by atoms with Crippen molar-refractivity contribution in [1.29, 1.82) is 0 Å². The third-order valence-electron chi connectivity index (χ3n) is 6.04. The lowest BCUT2D eigenvalue weighted by Gasteiger charge is -2.54. The van der Waals surface area contributed by atoms with Crippen LogP contribution in [0.1, 0.15) is 44.9 Å². The highest BCUT2D eigenvalue weighted by atomic mass is 32.1. The van der Waals surface area contributed by atoms with Crippen LogP contribution in [0.15, 0.2) is 0 Å². The molecule has 20 heavy (non-hydrogen) atoms. The number of rotatable bonds is 3. The van der Waals surface area contributed by atoms with E-state index in [0.29, 0.717) is 12.1 Å². The lowest BCUT2D eigenvalue weighted by Crippen LogP contribution is -2.57. The van der Waals surface area contributed by atoms with Crippen molar-refractivity contribution in [1.82, 2.24) is 10.6 Å². The molecular weight excluding hydrogens is 268 g/mol. The van der Waals surface area contributed by atoms with Gasteiger partial charge in [-0.1, -0.05) is 0 Å². The van der Waals surface area contributed by atoms with Gasteiger partial charge in [0.15, 0.2) is 5.11 Å². The van der Waals surface area contributed by atoms with Crippen molar-refractivity contribution in [2.24, 2.45) is 23.7 Å². The second kappa shape index (κ2) is 5.45. The second-order valence-corrected chi connectivity index (χ2v) is 7.85. The van der Waals surface area contributed by atoms with E-state index in [1.807, 2.05) is 0 Å². The van der Waals surface area contributed by atoms with Crippen LogP contribution in [-0.2, 0) is 4.74 Å². The molecule has 4 heteroatoms. The van der Waals surface area contributed by atoms with E-state index in [9.17, 15) is 0 Å². The second-order valence-electron chi connectivity index (χ2n) is 7.45. The first-order valence-corrected chi connectivity index (χ1v) is 8.84. The van der Waals surface area contributed by atoms with Crippen LogP contribution in [0.25, 0.3) is 0 Å². The predicted octanol–water partition coefficient (Wildman–Crippen LogP) is 2.45. The van der Waals surface area contributed by atoms with E-state index in [1.165, 1.54) is 44.9 Å². The van der Waals surface area contributed by atoms with Crippen LogP contribution in [0.4, 0.5) is 0 Å². The summed E-state index contributed by atoms with van der Waals surface area (Å²) in [6.45, 7) is 1.79. The molecule has 2 N–H and O–H groups in total. The molecule has 5 fully saturated rings. The molecule has 1 atom stereocenters. The normalized spacial score (nSPS) is 45.6. The zero-order chi connectivity index (χ0) is 13.5. The van der Waals surface area contributed by atoms with Crippen molar-refractivity contribution in [3.05, 3.63) is 0 Å². The summed E-state index contributed by atoms with van der Waals surface area (Å²) in [6.07, 6.45) is 10.0. The molecule has 0 aromatic carbocycles. The van der Waals surface area contributed by atoms with Gasteiger partial charge in [-0.15, -0.1) is 0 Å². The fourth-order valence-electron chi connectivity index (χ4n) is 5.38. The molecule has 0 aromatic heterocycles. The fraction of sp³-hybridized carbons (Fsp3) is 0.938. The van der Waals surface area contributed by atoms with Gasteiger partial charge in [0.1, 0.15) is 0 Å². The van der Waals surface area contributed by atoms with Gasteiger partial charge in [-0.2, -0.15) is 0 Å². The van der Waals surface area contributed by atoms with E-state index >= 15 is 0 Å². The maximum atomic E-state index is 5.64. The Labute approximate surface area is 127 Å². The molecule has 1 aliphatic heterocycles. The van der Waals surface area contributed by atoms with Gasteiger partial charge in [-0.3, -0.25) is 0 Å². The smallest absolute Gasteiger partial charge is 0.166 e. The van der Waals surface area contributed by atoms with E-state index in [0.717, 1.165) is 41.9 Å². The van der Waals surface area contributed by atoms with Crippen molar-refractivity contribution in [2.45, 2.75) is 57.1 Å². The van der Waals surface area contributed by atoms with Crippen LogP contribution in [0.3, 0.4) is 0 Å². The Morgan fingerprint density at radius 3 is 2.35 bits per heavy atom. The zero-order valence-corrected chi connectivity index (χ0v) is 13.0. The minimum atomic E-state index is 0.369. The fourth-order valence-corrected chi connectivity index (χ4v) is 5.59. The quantitative estimate of drug-likeness (QED) is 0.784. The van der Waals surface area contributed by atoms with Gasteiger partial charge in [0.25, 0.3) is 0 Å². The van der Waals surface area contributed by atoms with Crippen molar-refractivity contribution in [2.75, 3.05) is 13.2 Å². The Hall–Kier alpha value is -0.350. The summed E-state index contributed by atoms with van der Waals surface area (Å²) in [5, 5.41) is 7.89. The lowest BCUT2D eigenvalue weighted by molar-refractivity contribution is -0.00700. The first-order chi connectivity index (χ1) is 9.78. The maximum Gasteiger partial charge on any atom is 0.166 e. The molecule has 3 nitrogen and oxygen atoms in total. The number of thiocarbonyl (C=S) groups is 1. The Bertz CT molecular complexity index is 353. The van der Waals surface area contributed by atoms with Crippen molar-refractivity contribution < 1.29 is 4.74 Å². The monoisotopic (exact) mass is 294 g/mol. The van der Waals surface area contributed by atoms with E-state index in [4.69, 9.17) is 17.0 Å². The summed E-state index contributed by atoms with van der Waals surface area (Å²) < 4.78 is 5.64. The molecule has 0 radical (unpaired) electrons. The highest BCUT2D eigenvalue weighted by Gasteiger charge is 2.48. The van der Waals surface area contributed by atoms with Crippen molar-refractivity contribution in [3.8, 4) is 0 Å². The minimum absolute atomic E-state index is 0.369. The molecule has 4 bridgehead atoms. The van der Waals surface area contributed by atoms with E-state index < -0.39 is 0 Å². The van der Waals surface area contributed by atoms with Crippen LogP contribution < -0.4 is 10.6 Å². The number of hydrogen-bond acceptors (Lipinski definition) is 2. The van der Waals surface area contributed by atoms with Gasteiger partial charge in [0.05, 0.1) is 6.10 Å². The Morgan fingerprint density at radius 1 is 1.05 bits per heavy atom. The maximum absolute atomic E-state index is 5.64. The number of ether oxygens (including phenoxy) is 1. The topological polar surface area (TPSA) is 33.3 Å². The summed E-state index contributed by atoms with van der Waals surface area (Å²) in [5.74, 6) is 3.83. The highest BCUT2D eigenvalue weighted by molar-refractivity contribution is 7.80. The molecule has 0 amide bonds. The molecule has 4 saturated carbocycles. The summed E-state index contributed by atoms with van der Waals surface area (Å²) in [7, 11) is 0. The van der Waals surface area contributed by atoms with Gasteiger partial charge in [-0.05, 0) is 80.8 Å². The van der Waals surface area contributed by atoms with Crippen molar-refractivity contribution in [3.63, 3.8) is 0 Å². The van der Waals surface area contributed by atoms with Crippen LogP contribution >= 0.6 is 12.2 Å². The average molecular weight is 294 g/mol. The molecule has 0 aromatic rings. The van der Waals surface area contributed by atoms with Crippen LogP contribution in [-0.4, -0.2) is 30.4 Å². The van der Waals surface area contributed by atoms with Crippen LogP contribution in [0, 0.1) is 23.7 Å². The van der Waals surface area contributed by atoms with E-state index in [-0.39, 0.29) is 0 Å². The Morgan fingerprint density at radius 2 is 1.75 bits per heavy atom. The molecule has 0 spiro atoms. The van der Waals surface area contributed by atoms with Crippen LogP contribution in [0.2, 0.25) is 0 Å². The van der Waals surface area contributed by atoms with Gasteiger partial charge >= 0.3 is 0 Å². The number of nitrogens with one attached hydrogen (secondary N) is 2. The Kier molecular flexibility index (Phi) is 3.63. The van der Waals surface area contributed by atoms with Crippen molar-refractivity contribution >= 4 is 17.3 Å². The van der Waals surface area contributed by atoms with Gasteiger partial charge < -0.3 is 15.4 Å². The standard InChI is InChI=1S/C16H26N2OS/c20-16(17-9-14-2-1-3-19-14)18-15-12-5-10-4-11(7-12)8-13(15)6-10/h10-15H,1-9H2,(H2,17,18,20)/t10?,11?,12?,13?,14-,15?/m0/s1. The van der Waals surface area contributed by atoms with E-state index in [1.54, 1.807) is 0 Å². The molecule has 1 saturated heterocycles. The molecular formula is C16H26N2OS. The Balaban J connectivity index is 1.29. The molecule has 0 unspecified atom stereocenters. The third kappa shape index (κ3) is 2.57. The molecule has 5 rings (SSSR count).